The van der Waals surface area contributed by atoms with Crippen LogP contribution in [0.25, 0.3) is 17.0 Å². The van der Waals surface area contributed by atoms with Crippen molar-refractivity contribution in [1.82, 2.24) is 9.58 Å². The second-order valence-electron chi connectivity index (χ2n) is 9.77. The van der Waals surface area contributed by atoms with Crippen molar-refractivity contribution in [2.24, 2.45) is 16.0 Å². The summed E-state index contributed by atoms with van der Waals surface area (Å²) in [5.41, 5.74) is 3.48. The van der Waals surface area contributed by atoms with Gasteiger partial charge >= 0.3 is 0 Å². The second-order valence-corrected chi connectivity index (χ2v) is 10.8. The Morgan fingerprint density at radius 3 is 2.64 bits per heavy atom. The van der Waals surface area contributed by atoms with E-state index in [1.54, 1.807) is 6.08 Å². The number of hydrogen-bond donors (Lipinski definition) is 1. The third-order valence-corrected chi connectivity index (χ3v) is 8.27. The Hall–Kier alpha value is -3.45. The smallest absolute Gasteiger partial charge is 0.283 e. The number of hydrazone groups is 1. The predicted octanol–water partition coefficient (Wildman–Crippen LogP) is 6.67. The number of carbonyl (C=O) groups excluding carboxylic acids is 1. The summed E-state index contributed by atoms with van der Waals surface area (Å²) in [6, 6.07) is 18.5. The molecule has 7 heteroatoms. The molecule has 3 aromatic rings. The number of rotatable bonds is 6. The average Bonchev–Trinajstić information content (AvgIpc) is 3.48. The van der Waals surface area contributed by atoms with Gasteiger partial charge in [-0.15, -0.1) is 0 Å². The van der Waals surface area contributed by atoms with Gasteiger partial charge < -0.3 is 4.57 Å². The Bertz CT molecular complexity index is 1410. The van der Waals surface area contributed by atoms with Crippen LogP contribution in [0.1, 0.15) is 56.1 Å². The van der Waals surface area contributed by atoms with E-state index in [-0.39, 0.29) is 17.3 Å². The van der Waals surface area contributed by atoms with Crippen LogP contribution in [0.15, 0.2) is 76.5 Å². The Morgan fingerprint density at radius 1 is 1.03 bits per heavy atom. The summed E-state index contributed by atoms with van der Waals surface area (Å²) in [7, 11) is 0. The standard InChI is InChI=1S/C29H29N5OS/c30-27-24(28(35)31-29-34(27)32-26(36-29)16-15-20-9-3-1-4-10-20)17-22-19-33(18-21-11-5-2-6-12-21)25-14-8-7-13-23(22)25/h2,5-8,11-14,17,19-20,30H,1,3-4,9-10,15-16,18H2/b24-17+,30-27?. The zero-order valence-corrected chi connectivity index (χ0v) is 21.0. The van der Waals surface area contributed by atoms with Gasteiger partial charge in [0.2, 0.25) is 5.17 Å². The molecule has 2 aromatic carbocycles. The van der Waals surface area contributed by atoms with Gasteiger partial charge in [-0.1, -0.05) is 80.6 Å². The van der Waals surface area contributed by atoms with Gasteiger partial charge in [-0.2, -0.15) is 15.1 Å². The zero-order chi connectivity index (χ0) is 24.5. The summed E-state index contributed by atoms with van der Waals surface area (Å²) in [5.74, 6) is 0.499. The van der Waals surface area contributed by atoms with Crippen molar-refractivity contribution in [3.63, 3.8) is 0 Å². The Balaban J connectivity index is 1.26. The molecule has 1 amide bonds. The van der Waals surface area contributed by atoms with Gasteiger partial charge in [0.1, 0.15) is 5.04 Å². The molecule has 3 heterocycles. The first-order valence-corrected chi connectivity index (χ1v) is 13.6. The fraction of sp³-hybridized carbons (Fsp3) is 0.310. The molecule has 1 fully saturated rings. The SMILES string of the molecule is N=C1/C(=C\c2cn(Cc3ccccc3)c3ccccc23)C(=O)N=C2SC(CCC3CCCCC3)=NN12. The van der Waals surface area contributed by atoms with E-state index in [0.29, 0.717) is 5.17 Å². The van der Waals surface area contributed by atoms with Crippen molar-refractivity contribution in [3.05, 3.63) is 77.5 Å². The topological polar surface area (TPSA) is 73.8 Å². The van der Waals surface area contributed by atoms with Crippen LogP contribution in [0.3, 0.4) is 0 Å². The molecule has 0 atom stereocenters. The van der Waals surface area contributed by atoms with Crippen LogP contribution in [-0.2, 0) is 11.3 Å². The maximum absolute atomic E-state index is 13.0. The number of carbonyl (C=O) groups is 1. The number of amidine groups is 2. The van der Waals surface area contributed by atoms with E-state index < -0.39 is 0 Å². The van der Waals surface area contributed by atoms with E-state index in [1.165, 1.54) is 54.4 Å². The number of thioether (sulfide) groups is 1. The number of fused-ring (bicyclic) bond motifs is 2. The summed E-state index contributed by atoms with van der Waals surface area (Å²) in [4.78, 5) is 17.3. The van der Waals surface area contributed by atoms with Crippen molar-refractivity contribution in [2.45, 2.75) is 51.5 Å². The summed E-state index contributed by atoms with van der Waals surface area (Å²) in [6.45, 7) is 0.732. The number of nitrogens with zero attached hydrogens (tertiary/aromatic N) is 4. The highest BCUT2D eigenvalue weighted by molar-refractivity contribution is 8.26. The monoisotopic (exact) mass is 495 g/mol. The lowest BCUT2D eigenvalue weighted by Crippen LogP contribution is -2.35. The maximum Gasteiger partial charge on any atom is 0.283 e. The van der Waals surface area contributed by atoms with Gasteiger partial charge in [-0.25, -0.2) is 0 Å². The van der Waals surface area contributed by atoms with Crippen LogP contribution < -0.4 is 0 Å². The Labute approximate surface area is 215 Å². The molecule has 2 aliphatic heterocycles. The number of aliphatic imine (C=N–C) groups is 1. The highest BCUT2D eigenvalue weighted by atomic mass is 32.2. The molecule has 6 nitrogen and oxygen atoms in total. The second kappa shape index (κ2) is 9.90. The number of para-hydroxylation sites is 1. The molecule has 1 saturated carbocycles. The summed E-state index contributed by atoms with van der Waals surface area (Å²) in [5, 5.41) is 17.5. The first-order valence-electron chi connectivity index (χ1n) is 12.8. The van der Waals surface area contributed by atoms with E-state index in [0.717, 1.165) is 46.8 Å². The summed E-state index contributed by atoms with van der Waals surface area (Å²) < 4.78 is 2.19. The molecule has 6 rings (SSSR count). The third-order valence-electron chi connectivity index (χ3n) is 7.30. The highest BCUT2D eigenvalue weighted by Crippen LogP contribution is 2.34. The molecule has 182 valence electrons. The Kier molecular flexibility index (Phi) is 6.32. The number of nitrogens with one attached hydrogen (secondary N) is 1. The van der Waals surface area contributed by atoms with Crippen molar-refractivity contribution >= 4 is 50.7 Å². The zero-order valence-electron chi connectivity index (χ0n) is 20.2. The molecule has 1 aliphatic carbocycles. The van der Waals surface area contributed by atoms with Gasteiger partial charge in [-0.3, -0.25) is 10.2 Å². The maximum atomic E-state index is 13.0. The quantitative estimate of drug-likeness (QED) is 0.388. The van der Waals surface area contributed by atoms with Crippen LogP contribution in [0.2, 0.25) is 0 Å². The van der Waals surface area contributed by atoms with Crippen LogP contribution >= 0.6 is 11.8 Å². The first kappa shape index (κ1) is 23.0. The van der Waals surface area contributed by atoms with Crippen molar-refractivity contribution in [2.75, 3.05) is 0 Å². The van der Waals surface area contributed by atoms with Gasteiger partial charge in [0.05, 0.1) is 5.57 Å². The minimum absolute atomic E-state index is 0.102. The molecule has 0 bridgehead atoms. The highest BCUT2D eigenvalue weighted by Gasteiger charge is 2.35. The fourth-order valence-electron chi connectivity index (χ4n) is 5.39. The lowest BCUT2D eigenvalue weighted by molar-refractivity contribution is -0.114. The number of benzene rings is 2. The van der Waals surface area contributed by atoms with Crippen molar-refractivity contribution < 1.29 is 4.79 Å². The number of hydrogen-bond acceptors (Lipinski definition) is 4. The molecular formula is C29H29N5OS. The van der Waals surface area contributed by atoms with Gasteiger partial charge in [0.25, 0.3) is 5.91 Å². The fourth-order valence-corrected chi connectivity index (χ4v) is 6.29. The van der Waals surface area contributed by atoms with Crippen LogP contribution in [0, 0.1) is 11.3 Å². The van der Waals surface area contributed by atoms with Crippen molar-refractivity contribution in [3.8, 4) is 0 Å². The summed E-state index contributed by atoms with van der Waals surface area (Å²) >= 11 is 1.44. The van der Waals surface area contributed by atoms with Crippen LogP contribution in [0.4, 0.5) is 0 Å². The third kappa shape index (κ3) is 4.55. The Morgan fingerprint density at radius 2 is 1.81 bits per heavy atom. The molecule has 0 radical (unpaired) electrons. The van der Waals surface area contributed by atoms with Crippen LogP contribution in [0.5, 0.6) is 0 Å². The number of aromatic nitrogens is 1. The minimum Gasteiger partial charge on any atom is -0.342 e. The lowest BCUT2D eigenvalue weighted by Gasteiger charge is -2.20. The molecule has 0 unspecified atom stereocenters. The first-order chi connectivity index (χ1) is 17.7. The van der Waals surface area contributed by atoms with Gasteiger partial charge in [-0.05, 0) is 48.2 Å². The van der Waals surface area contributed by atoms with E-state index >= 15 is 0 Å². The largest absolute Gasteiger partial charge is 0.342 e. The molecule has 1 aromatic heterocycles. The minimum atomic E-state index is -0.373. The van der Waals surface area contributed by atoms with E-state index in [4.69, 9.17) is 5.41 Å². The number of amides is 1. The molecule has 0 spiro atoms. The van der Waals surface area contributed by atoms with E-state index in [2.05, 4.69) is 45.1 Å². The van der Waals surface area contributed by atoms with Gasteiger partial charge in [0.15, 0.2) is 5.84 Å². The molecule has 1 N–H and O–H groups in total. The normalized spacial score (nSPS) is 19.7. The predicted molar refractivity (Wildman–Crippen MR) is 148 cm³/mol. The van der Waals surface area contributed by atoms with E-state index in [1.807, 2.05) is 30.3 Å². The summed E-state index contributed by atoms with van der Waals surface area (Å²) in [6.07, 6.45) is 12.5. The van der Waals surface area contributed by atoms with E-state index in [9.17, 15) is 4.79 Å². The molecule has 36 heavy (non-hydrogen) atoms. The average molecular weight is 496 g/mol. The lowest BCUT2D eigenvalue weighted by atomic mass is 9.86. The van der Waals surface area contributed by atoms with Crippen LogP contribution in [-0.4, -0.2) is 31.5 Å². The van der Waals surface area contributed by atoms with Gasteiger partial charge in [0, 0.05) is 29.2 Å². The van der Waals surface area contributed by atoms with Crippen molar-refractivity contribution in [1.29, 1.82) is 5.41 Å². The molecular weight excluding hydrogens is 466 g/mol. The molecule has 0 saturated heterocycles. The molecule has 3 aliphatic rings.